The molecule has 182 valence electrons. The van der Waals surface area contributed by atoms with E-state index in [-0.39, 0.29) is 17.8 Å². The average Bonchev–Trinajstić information content (AvgIpc) is 3.47. The molecule has 2 aromatic carbocycles. The summed E-state index contributed by atoms with van der Waals surface area (Å²) >= 11 is 0. The molecule has 5 aromatic rings. The minimum atomic E-state index is -0.251. The second-order valence-corrected chi connectivity index (χ2v) is 9.78. The molecule has 7 nitrogen and oxygen atoms in total. The lowest BCUT2D eigenvalue weighted by molar-refractivity contribution is 0.0917. The Morgan fingerprint density at radius 1 is 1.17 bits per heavy atom. The van der Waals surface area contributed by atoms with E-state index in [2.05, 4.69) is 25.6 Å². The largest absolute Gasteiger partial charge is 0.349 e. The van der Waals surface area contributed by atoms with Crippen LogP contribution in [0.3, 0.4) is 0 Å². The predicted octanol–water partition coefficient (Wildman–Crippen LogP) is 5.41. The van der Waals surface area contributed by atoms with Gasteiger partial charge in [-0.15, -0.1) is 0 Å². The van der Waals surface area contributed by atoms with Gasteiger partial charge in [-0.2, -0.15) is 10.2 Å². The molecular weight excluding hydrogens is 455 g/mol. The highest BCUT2D eigenvalue weighted by atomic mass is 19.1. The summed E-state index contributed by atoms with van der Waals surface area (Å²) < 4.78 is 15.4. The maximum atomic E-state index is 13.5. The summed E-state index contributed by atoms with van der Waals surface area (Å²) in [5, 5.41) is 17.1. The van der Waals surface area contributed by atoms with Crippen LogP contribution >= 0.6 is 0 Å². The minimum absolute atomic E-state index is 0.0686. The highest BCUT2D eigenvalue weighted by Gasteiger charge is 2.25. The summed E-state index contributed by atoms with van der Waals surface area (Å²) in [6.07, 6.45) is 7.67. The Morgan fingerprint density at radius 2 is 2.08 bits per heavy atom. The Morgan fingerprint density at radius 3 is 2.97 bits per heavy atom. The monoisotopic (exact) mass is 482 g/mol. The Labute approximate surface area is 207 Å². The van der Waals surface area contributed by atoms with Gasteiger partial charge in [-0.25, -0.2) is 4.39 Å². The molecule has 2 unspecified atom stereocenters. The van der Waals surface area contributed by atoms with Crippen molar-refractivity contribution in [2.24, 2.45) is 5.92 Å². The molecule has 0 radical (unpaired) electrons. The Hall–Kier alpha value is -4.07. The van der Waals surface area contributed by atoms with Crippen LogP contribution in [0.4, 0.5) is 4.39 Å². The van der Waals surface area contributed by atoms with Crippen LogP contribution in [0.15, 0.2) is 60.9 Å². The van der Waals surface area contributed by atoms with Crippen LogP contribution in [0.1, 0.15) is 41.7 Å². The number of nitrogens with one attached hydrogen (secondary N) is 2. The zero-order chi connectivity index (χ0) is 24.6. The fourth-order valence-corrected chi connectivity index (χ4v) is 5.33. The lowest BCUT2D eigenvalue weighted by Gasteiger charge is -2.29. The number of hydrogen-bond acceptors (Lipinski definition) is 4. The zero-order valence-corrected chi connectivity index (χ0v) is 20.0. The van der Waals surface area contributed by atoms with Crippen molar-refractivity contribution in [1.82, 2.24) is 30.3 Å². The van der Waals surface area contributed by atoms with Crippen LogP contribution in [0.2, 0.25) is 0 Å². The number of fused-ring (bicyclic) bond motifs is 2. The number of benzene rings is 2. The lowest BCUT2D eigenvalue weighted by atomic mass is 9.85. The van der Waals surface area contributed by atoms with Crippen molar-refractivity contribution in [2.45, 2.75) is 45.2 Å². The molecule has 0 bridgehead atoms. The quantitative estimate of drug-likeness (QED) is 0.351. The van der Waals surface area contributed by atoms with E-state index in [1.165, 1.54) is 12.1 Å². The van der Waals surface area contributed by atoms with Crippen LogP contribution in [0.25, 0.3) is 33.1 Å². The summed E-state index contributed by atoms with van der Waals surface area (Å²) in [7, 11) is 0. The number of pyridine rings is 1. The van der Waals surface area contributed by atoms with Gasteiger partial charge in [0.2, 0.25) is 0 Å². The molecule has 0 saturated heterocycles. The topological polar surface area (TPSA) is 88.5 Å². The van der Waals surface area contributed by atoms with Crippen molar-refractivity contribution in [3.8, 4) is 11.3 Å². The van der Waals surface area contributed by atoms with E-state index in [9.17, 15) is 9.18 Å². The molecule has 3 heterocycles. The van der Waals surface area contributed by atoms with E-state index < -0.39 is 0 Å². The molecule has 3 aromatic heterocycles. The van der Waals surface area contributed by atoms with E-state index in [0.29, 0.717) is 11.5 Å². The van der Waals surface area contributed by atoms with Crippen molar-refractivity contribution in [1.29, 1.82) is 0 Å². The van der Waals surface area contributed by atoms with Crippen LogP contribution in [-0.2, 0) is 6.54 Å². The predicted molar refractivity (Wildman–Crippen MR) is 137 cm³/mol. The number of H-pyrrole nitrogens is 1. The van der Waals surface area contributed by atoms with Crippen LogP contribution in [0, 0.1) is 18.7 Å². The molecule has 1 saturated carbocycles. The Balaban J connectivity index is 1.15. The number of rotatable bonds is 5. The molecule has 2 N–H and O–H groups in total. The fourth-order valence-electron chi connectivity index (χ4n) is 5.33. The molecule has 0 spiro atoms. The zero-order valence-electron chi connectivity index (χ0n) is 20.0. The Bertz CT molecular complexity index is 1570. The summed E-state index contributed by atoms with van der Waals surface area (Å²) in [6, 6.07) is 14.4. The van der Waals surface area contributed by atoms with Gasteiger partial charge in [-0.05, 0) is 80.6 Å². The van der Waals surface area contributed by atoms with Gasteiger partial charge < -0.3 is 5.32 Å². The third-order valence-electron chi connectivity index (χ3n) is 7.07. The third kappa shape index (κ3) is 4.46. The first-order valence-electron chi connectivity index (χ1n) is 12.4. The van der Waals surface area contributed by atoms with Gasteiger partial charge in [0.25, 0.3) is 5.91 Å². The number of carbonyl (C=O) groups is 1. The van der Waals surface area contributed by atoms with Gasteiger partial charge in [-0.3, -0.25) is 19.6 Å². The normalized spacial score (nSPS) is 18.1. The van der Waals surface area contributed by atoms with E-state index in [1.807, 2.05) is 48.1 Å². The van der Waals surface area contributed by atoms with Gasteiger partial charge >= 0.3 is 0 Å². The Kier molecular flexibility index (Phi) is 5.71. The first kappa shape index (κ1) is 22.4. The fraction of sp³-hybridized carbons (Fsp3) is 0.286. The summed E-state index contributed by atoms with van der Waals surface area (Å²) in [4.78, 5) is 17.5. The number of hydrogen-bond donors (Lipinski definition) is 2. The standard InChI is InChI=1S/C28H27FN6O/c1-17-11-19(9-10-30-17)27-24-14-20(5-7-26(24)32-33-27)28(36)31-23-4-2-3-18(12-23)15-35-16-21-13-22(29)6-8-25(21)34-35/h5-11,13-14,16,18,23H,2-4,12,15H2,1H3,(H,31,36)(H,32,33). The molecule has 6 rings (SSSR count). The molecule has 0 aliphatic heterocycles. The van der Waals surface area contributed by atoms with Crippen molar-refractivity contribution in [2.75, 3.05) is 0 Å². The first-order valence-corrected chi connectivity index (χ1v) is 12.4. The molecule has 2 atom stereocenters. The summed E-state index contributed by atoms with van der Waals surface area (Å²) in [6.45, 7) is 2.71. The van der Waals surface area contributed by atoms with Crippen LogP contribution in [-0.4, -0.2) is 36.9 Å². The van der Waals surface area contributed by atoms with E-state index in [1.54, 1.807) is 12.3 Å². The van der Waals surface area contributed by atoms with Crippen molar-refractivity contribution >= 4 is 27.7 Å². The molecule has 1 fully saturated rings. The minimum Gasteiger partial charge on any atom is -0.349 e. The van der Waals surface area contributed by atoms with Gasteiger partial charge in [0.15, 0.2) is 0 Å². The number of halogens is 1. The molecule has 1 aliphatic rings. The summed E-state index contributed by atoms with van der Waals surface area (Å²) in [5.74, 6) is 0.0844. The van der Waals surface area contributed by atoms with Crippen molar-refractivity contribution in [3.05, 3.63) is 78.0 Å². The van der Waals surface area contributed by atoms with Crippen LogP contribution in [0.5, 0.6) is 0 Å². The number of aromatic nitrogens is 5. The smallest absolute Gasteiger partial charge is 0.251 e. The lowest BCUT2D eigenvalue weighted by Crippen LogP contribution is -2.39. The highest BCUT2D eigenvalue weighted by Crippen LogP contribution is 2.29. The molecule has 1 amide bonds. The van der Waals surface area contributed by atoms with E-state index >= 15 is 0 Å². The molecule has 8 heteroatoms. The van der Waals surface area contributed by atoms with Crippen LogP contribution < -0.4 is 5.32 Å². The van der Waals surface area contributed by atoms with E-state index in [0.717, 1.165) is 71.0 Å². The van der Waals surface area contributed by atoms with Crippen molar-refractivity contribution in [3.63, 3.8) is 0 Å². The van der Waals surface area contributed by atoms with Gasteiger partial charge in [-0.1, -0.05) is 6.42 Å². The molecule has 36 heavy (non-hydrogen) atoms. The second kappa shape index (κ2) is 9.18. The second-order valence-electron chi connectivity index (χ2n) is 9.78. The number of aromatic amines is 1. The number of nitrogens with zero attached hydrogens (tertiary/aromatic N) is 4. The number of aryl methyl sites for hydroxylation is 1. The maximum Gasteiger partial charge on any atom is 0.251 e. The average molecular weight is 483 g/mol. The third-order valence-corrected chi connectivity index (χ3v) is 7.07. The highest BCUT2D eigenvalue weighted by molar-refractivity contribution is 6.01. The maximum absolute atomic E-state index is 13.5. The van der Waals surface area contributed by atoms with E-state index in [4.69, 9.17) is 0 Å². The molecular formula is C28H27FN6O. The first-order chi connectivity index (χ1) is 17.5. The van der Waals surface area contributed by atoms with Gasteiger partial charge in [0.1, 0.15) is 11.5 Å². The SMILES string of the molecule is Cc1cc(-c2n[nH]c3ccc(C(=O)NC4CCCC(Cn5cc6cc(F)ccc6n5)C4)cc23)ccn1. The van der Waals surface area contributed by atoms with Gasteiger partial charge in [0, 0.05) is 52.6 Å². The summed E-state index contributed by atoms with van der Waals surface area (Å²) in [5.41, 5.74) is 5.01. The van der Waals surface area contributed by atoms with Crippen molar-refractivity contribution < 1.29 is 9.18 Å². The molecule has 1 aliphatic carbocycles. The van der Waals surface area contributed by atoms with Gasteiger partial charge in [0.05, 0.1) is 11.0 Å². The number of carbonyl (C=O) groups excluding carboxylic acids is 1. The number of amides is 1.